The first-order chi connectivity index (χ1) is 12.6. The lowest BCUT2D eigenvalue weighted by molar-refractivity contribution is 0.442. The molecule has 148 valence electrons. The molecule has 0 radical (unpaired) electrons. The number of phenolic OH excluding ortho intramolecular Hbond substituents is 2. The van der Waals surface area contributed by atoms with Crippen molar-refractivity contribution in [3.63, 3.8) is 0 Å². The largest absolute Gasteiger partial charge is 0.507 e. The van der Waals surface area contributed by atoms with E-state index in [1.54, 1.807) is 0 Å². The van der Waals surface area contributed by atoms with Crippen LogP contribution in [-0.4, -0.2) is 10.2 Å². The Kier molecular flexibility index (Phi) is 7.27. The third kappa shape index (κ3) is 5.68. The lowest BCUT2D eigenvalue weighted by atomic mass is 9.84. The van der Waals surface area contributed by atoms with Gasteiger partial charge in [0.2, 0.25) is 0 Å². The van der Waals surface area contributed by atoms with Crippen LogP contribution in [-0.2, 0) is 23.3 Å². The lowest BCUT2D eigenvalue weighted by Crippen LogP contribution is -2.12. The number of benzene rings is 2. The Morgan fingerprint density at radius 3 is 1.96 bits per heavy atom. The fraction of sp³-hybridized carbons (Fsp3) is 0.500. The molecule has 27 heavy (non-hydrogen) atoms. The first kappa shape index (κ1) is 21.7. The van der Waals surface area contributed by atoms with Crippen molar-refractivity contribution < 1.29 is 10.2 Å². The molecule has 2 rings (SSSR count). The summed E-state index contributed by atoms with van der Waals surface area (Å²) in [6.07, 6.45) is 3.17. The van der Waals surface area contributed by atoms with E-state index in [9.17, 15) is 10.2 Å². The van der Waals surface area contributed by atoms with Gasteiger partial charge in [-0.2, -0.15) is 11.8 Å². The molecule has 0 aliphatic heterocycles. The number of aryl methyl sites for hydroxylation is 3. The minimum Gasteiger partial charge on any atom is -0.507 e. The van der Waals surface area contributed by atoms with E-state index in [0.717, 1.165) is 53.0 Å². The zero-order valence-electron chi connectivity index (χ0n) is 17.6. The highest BCUT2D eigenvalue weighted by atomic mass is 32.2. The molecular formula is C24H34O2S. The first-order valence-corrected chi connectivity index (χ1v) is 11.0. The van der Waals surface area contributed by atoms with Gasteiger partial charge in [0.25, 0.3) is 0 Å². The topological polar surface area (TPSA) is 40.5 Å². The van der Waals surface area contributed by atoms with Crippen molar-refractivity contribution in [3.8, 4) is 11.5 Å². The number of hydrogen-bond acceptors (Lipinski definition) is 3. The highest BCUT2D eigenvalue weighted by Gasteiger charge is 2.20. The molecular weight excluding hydrogens is 352 g/mol. The van der Waals surface area contributed by atoms with Crippen LogP contribution in [0.3, 0.4) is 0 Å². The van der Waals surface area contributed by atoms with E-state index >= 15 is 0 Å². The molecule has 2 aromatic rings. The van der Waals surface area contributed by atoms with E-state index in [2.05, 4.69) is 52.0 Å². The van der Waals surface area contributed by atoms with Crippen LogP contribution in [0.1, 0.15) is 73.9 Å². The van der Waals surface area contributed by atoms with E-state index in [1.807, 2.05) is 25.6 Å². The van der Waals surface area contributed by atoms with Gasteiger partial charge in [-0.1, -0.05) is 58.4 Å². The second kappa shape index (κ2) is 9.05. The van der Waals surface area contributed by atoms with E-state index < -0.39 is 0 Å². The highest BCUT2D eigenvalue weighted by Crippen LogP contribution is 2.35. The maximum atomic E-state index is 10.4. The molecule has 0 aliphatic carbocycles. The van der Waals surface area contributed by atoms with Crippen LogP contribution in [0.25, 0.3) is 0 Å². The molecule has 0 unspecified atom stereocenters. The monoisotopic (exact) mass is 386 g/mol. The van der Waals surface area contributed by atoms with Crippen molar-refractivity contribution in [2.45, 2.75) is 77.7 Å². The van der Waals surface area contributed by atoms with Crippen LogP contribution in [0.4, 0.5) is 0 Å². The third-order valence-corrected chi connectivity index (χ3v) is 6.02. The van der Waals surface area contributed by atoms with E-state index in [-0.39, 0.29) is 5.41 Å². The van der Waals surface area contributed by atoms with E-state index in [1.165, 1.54) is 11.1 Å². The summed E-state index contributed by atoms with van der Waals surface area (Å²) >= 11 is 1.88. The molecule has 2 nitrogen and oxygen atoms in total. The van der Waals surface area contributed by atoms with Gasteiger partial charge in [0.15, 0.2) is 0 Å². The Balaban J connectivity index is 2.11. The summed E-state index contributed by atoms with van der Waals surface area (Å²) < 4.78 is 0. The Morgan fingerprint density at radius 2 is 1.41 bits per heavy atom. The van der Waals surface area contributed by atoms with Crippen molar-refractivity contribution in [2.24, 2.45) is 0 Å². The molecule has 0 saturated heterocycles. The summed E-state index contributed by atoms with van der Waals surface area (Å²) in [7, 11) is 0. The van der Waals surface area contributed by atoms with E-state index in [4.69, 9.17) is 0 Å². The van der Waals surface area contributed by atoms with Crippen LogP contribution in [0.5, 0.6) is 11.5 Å². The number of phenols is 2. The van der Waals surface area contributed by atoms with Crippen molar-refractivity contribution in [3.05, 3.63) is 57.6 Å². The second-order valence-electron chi connectivity index (χ2n) is 8.58. The van der Waals surface area contributed by atoms with Crippen molar-refractivity contribution in [1.82, 2.24) is 0 Å². The molecule has 0 amide bonds. The Labute approximate surface area is 169 Å². The van der Waals surface area contributed by atoms with Gasteiger partial charge in [0.1, 0.15) is 11.5 Å². The molecule has 3 heteroatoms. The summed E-state index contributed by atoms with van der Waals surface area (Å²) in [6, 6.07) is 8.49. The predicted molar refractivity (Wildman–Crippen MR) is 118 cm³/mol. The van der Waals surface area contributed by atoms with Gasteiger partial charge in [0.05, 0.1) is 0 Å². The highest BCUT2D eigenvalue weighted by molar-refractivity contribution is 7.97. The molecule has 0 heterocycles. The maximum absolute atomic E-state index is 10.4. The standard InChI is InChI=1S/C24H34O2S/c1-7-8-9-20-12-18(10-16(2)22(20)25)14-27-15-19-11-17(3)23(26)21(13-19)24(4,5)6/h10-13,25-26H,7-9,14-15H2,1-6H3. The van der Waals surface area contributed by atoms with Gasteiger partial charge in [-0.3, -0.25) is 0 Å². The molecule has 0 bridgehead atoms. The Hall–Kier alpha value is -1.61. The van der Waals surface area contributed by atoms with Gasteiger partial charge in [0, 0.05) is 11.5 Å². The summed E-state index contributed by atoms with van der Waals surface area (Å²) in [5.74, 6) is 2.71. The average Bonchev–Trinajstić information content (AvgIpc) is 2.58. The van der Waals surface area contributed by atoms with E-state index in [0.29, 0.717) is 11.5 Å². The van der Waals surface area contributed by atoms with Crippen molar-refractivity contribution in [2.75, 3.05) is 0 Å². The predicted octanol–water partition coefficient (Wildman–Crippen LogP) is 6.79. The molecule has 0 spiro atoms. The first-order valence-electron chi connectivity index (χ1n) is 9.85. The third-order valence-electron chi connectivity index (χ3n) is 4.94. The normalized spacial score (nSPS) is 11.8. The second-order valence-corrected chi connectivity index (χ2v) is 9.56. The summed E-state index contributed by atoms with van der Waals surface area (Å²) in [5.41, 5.74) is 6.45. The molecule has 0 aliphatic rings. The Morgan fingerprint density at radius 1 is 0.852 bits per heavy atom. The average molecular weight is 387 g/mol. The number of unbranched alkanes of at least 4 members (excludes halogenated alkanes) is 1. The molecule has 2 aromatic carbocycles. The number of aromatic hydroxyl groups is 2. The molecule has 0 atom stereocenters. The fourth-order valence-corrected chi connectivity index (χ4v) is 4.28. The van der Waals surface area contributed by atoms with Crippen LogP contribution in [0.2, 0.25) is 0 Å². The fourth-order valence-electron chi connectivity index (χ4n) is 3.37. The molecule has 0 saturated carbocycles. The summed E-state index contributed by atoms with van der Waals surface area (Å²) in [5, 5.41) is 20.7. The van der Waals surface area contributed by atoms with Gasteiger partial charge < -0.3 is 10.2 Å². The lowest BCUT2D eigenvalue weighted by Gasteiger charge is -2.22. The molecule has 0 fully saturated rings. The smallest absolute Gasteiger partial charge is 0.122 e. The minimum absolute atomic E-state index is 0.0717. The van der Waals surface area contributed by atoms with Crippen LogP contribution >= 0.6 is 11.8 Å². The van der Waals surface area contributed by atoms with Crippen LogP contribution < -0.4 is 0 Å². The van der Waals surface area contributed by atoms with Crippen molar-refractivity contribution in [1.29, 1.82) is 0 Å². The summed E-state index contributed by atoms with van der Waals surface area (Å²) in [4.78, 5) is 0. The number of thioether (sulfide) groups is 1. The Bertz CT molecular complexity index is 788. The van der Waals surface area contributed by atoms with Crippen molar-refractivity contribution >= 4 is 11.8 Å². The molecule has 0 aromatic heterocycles. The minimum atomic E-state index is -0.0717. The van der Waals surface area contributed by atoms with Gasteiger partial charge in [-0.25, -0.2) is 0 Å². The van der Waals surface area contributed by atoms with Crippen LogP contribution in [0.15, 0.2) is 24.3 Å². The van der Waals surface area contributed by atoms with Gasteiger partial charge in [-0.05, 0) is 65.5 Å². The molecule has 2 N–H and O–H groups in total. The SMILES string of the molecule is CCCCc1cc(CSCc2cc(C)c(O)c(C(C)(C)C)c2)cc(C)c1O. The zero-order valence-corrected chi connectivity index (χ0v) is 18.5. The van der Waals surface area contributed by atoms with Crippen LogP contribution in [0, 0.1) is 13.8 Å². The quantitative estimate of drug-likeness (QED) is 0.550. The number of rotatable bonds is 7. The summed E-state index contributed by atoms with van der Waals surface area (Å²) in [6.45, 7) is 12.5. The maximum Gasteiger partial charge on any atom is 0.122 e. The zero-order chi connectivity index (χ0) is 20.2. The number of hydrogen-bond donors (Lipinski definition) is 2. The van der Waals surface area contributed by atoms with Gasteiger partial charge >= 0.3 is 0 Å². The van der Waals surface area contributed by atoms with Gasteiger partial charge in [-0.15, -0.1) is 0 Å².